The highest BCUT2D eigenvalue weighted by Gasteiger charge is 2.76. The van der Waals surface area contributed by atoms with Gasteiger partial charge in [-0.15, -0.1) is 0 Å². The topological polar surface area (TPSA) is 32.7 Å². The van der Waals surface area contributed by atoms with E-state index in [9.17, 15) is 31.1 Å². The molecule has 0 amide bonds. The van der Waals surface area contributed by atoms with Gasteiger partial charge in [-0.05, 0) is 31.2 Å². The van der Waals surface area contributed by atoms with Crippen LogP contribution in [-0.4, -0.2) is 34.4 Å². The fraction of sp³-hybridized carbons (Fsp3) is 0.524. The minimum Gasteiger partial charge on any atom is -0.326 e. The fourth-order valence-corrected chi connectivity index (χ4v) is 4.42. The van der Waals surface area contributed by atoms with Crippen LogP contribution >= 0.6 is 0 Å². The number of amidine groups is 1. The minimum atomic E-state index is -5.81. The highest BCUT2D eigenvalue weighted by molar-refractivity contribution is 6.03. The highest BCUT2D eigenvalue weighted by atomic mass is 19.4. The first kappa shape index (κ1) is 22.4. The molecule has 1 aromatic carbocycles. The number of allylic oxidation sites excluding steroid dienone is 1. The number of Topliss-reactive ketones (excluding diaryl/α,β-unsaturated/α-hetero) is 1. The van der Waals surface area contributed by atoms with E-state index in [0.29, 0.717) is 5.56 Å². The summed E-state index contributed by atoms with van der Waals surface area (Å²) in [5.74, 6) is -1.59. The van der Waals surface area contributed by atoms with Crippen molar-refractivity contribution in [3.05, 3.63) is 47.2 Å². The zero-order chi connectivity index (χ0) is 22.7. The van der Waals surface area contributed by atoms with Crippen LogP contribution in [0, 0.1) is 5.41 Å². The molecule has 0 spiro atoms. The molecule has 30 heavy (non-hydrogen) atoms. The lowest BCUT2D eigenvalue weighted by Gasteiger charge is -2.49. The first-order valence-corrected chi connectivity index (χ1v) is 9.43. The predicted molar refractivity (Wildman–Crippen MR) is 99.7 cm³/mol. The Bertz CT molecular complexity index is 898. The Hall–Kier alpha value is -2.32. The van der Waals surface area contributed by atoms with Gasteiger partial charge in [0.25, 0.3) is 5.54 Å². The third-order valence-corrected chi connectivity index (χ3v) is 5.67. The molecule has 0 radical (unpaired) electrons. The number of benzene rings is 1. The van der Waals surface area contributed by atoms with Crippen LogP contribution in [0.25, 0.3) is 0 Å². The van der Waals surface area contributed by atoms with E-state index in [2.05, 4.69) is 4.99 Å². The molecule has 1 aromatic rings. The van der Waals surface area contributed by atoms with E-state index >= 15 is 0 Å². The SMILES string of the molecule is CC1=NC(C(F)(F)F)(C(F)(F)F)C2=C(CC(C)(C)CC2=O)N1C(C)c1ccccc1. The van der Waals surface area contributed by atoms with Gasteiger partial charge in [-0.25, -0.2) is 4.99 Å². The molecular formula is C21H22F6N2O. The third kappa shape index (κ3) is 3.32. The molecule has 0 fully saturated rings. The molecular weight excluding hydrogens is 410 g/mol. The Morgan fingerprint density at radius 1 is 1.00 bits per heavy atom. The van der Waals surface area contributed by atoms with Gasteiger partial charge in [0.2, 0.25) is 0 Å². The van der Waals surface area contributed by atoms with E-state index in [1.807, 2.05) is 0 Å². The van der Waals surface area contributed by atoms with Gasteiger partial charge >= 0.3 is 12.4 Å². The quantitative estimate of drug-likeness (QED) is 0.538. The molecule has 3 rings (SSSR count). The number of hydrogen-bond donors (Lipinski definition) is 0. The molecule has 1 atom stereocenters. The normalized spacial score (nSPS) is 22.5. The van der Waals surface area contributed by atoms with Crippen molar-refractivity contribution in [1.29, 1.82) is 0 Å². The summed E-state index contributed by atoms with van der Waals surface area (Å²) in [6.07, 6.45) is -12.1. The average Bonchev–Trinajstić information content (AvgIpc) is 2.58. The van der Waals surface area contributed by atoms with Crippen LogP contribution in [0.1, 0.15) is 52.1 Å². The highest BCUT2D eigenvalue weighted by Crippen LogP contribution is 2.57. The summed E-state index contributed by atoms with van der Waals surface area (Å²) in [6.45, 7) is 6.11. The van der Waals surface area contributed by atoms with Crippen molar-refractivity contribution in [1.82, 2.24) is 4.90 Å². The van der Waals surface area contributed by atoms with Crippen molar-refractivity contribution in [3.8, 4) is 0 Å². The van der Waals surface area contributed by atoms with Crippen LogP contribution in [0.2, 0.25) is 0 Å². The molecule has 3 nitrogen and oxygen atoms in total. The Labute approximate surface area is 170 Å². The first-order valence-electron chi connectivity index (χ1n) is 9.43. The number of carbonyl (C=O) groups excluding carboxylic acids is 1. The standard InChI is InChI=1S/C21H22F6N2O/c1-12(14-8-6-5-7-9-14)29-13(2)28-19(20(22,23)24,21(25,26)27)17-15(29)10-18(3,4)11-16(17)30/h5-9,12H,10-11H2,1-4H3. The van der Waals surface area contributed by atoms with Gasteiger partial charge in [-0.2, -0.15) is 26.3 Å². The second-order valence-corrected chi connectivity index (χ2v) is 8.58. The van der Waals surface area contributed by atoms with Crippen LogP contribution in [0.4, 0.5) is 26.3 Å². The molecule has 1 aliphatic heterocycles. The molecule has 1 heterocycles. The number of ketones is 1. The predicted octanol–water partition coefficient (Wildman–Crippen LogP) is 5.99. The molecule has 164 valence electrons. The lowest BCUT2D eigenvalue weighted by Crippen LogP contribution is -2.63. The number of nitrogens with zero attached hydrogens (tertiary/aromatic N) is 2. The summed E-state index contributed by atoms with van der Waals surface area (Å²) < 4.78 is 84.1. The number of rotatable bonds is 2. The fourth-order valence-electron chi connectivity index (χ4n) is 4.42. The van der Waals surface area contributed by atoms with E-state index in [-0.39, 0.29) is 12.1 Å². The molecule has 0 aromatic heterocycles. The van der Waals surface area contributed by atoms with E-state index < -0.39 is 53.0 Å². The molecule has 1 unspecified atom stereocenters. The Morgan fingerprint density at radius 3 is 2.03 bits per heavy atom. The Morgan fingerprint density at radius 2 is 1.53 bits per heavy atom. The van der Waals surface area contributed by atoms with Gasteiger partial charge in [-0.1, -0.05) is 44.2 Å². The summed E-state index contributed by atoms with van der Waals surface area (Å²) >= 11 is 0. The van der Waals surface area contributed by atoms with E-state index in [1.165, 1.54) is 4.90 Å². The van der Waals surface area contributed by atoms with Gasteiger partial charge in [0.1, 0.15) is 5.84 Å². The van der Waals surface area contributed by atoms with Crippen molar-refractivity contribution in [3.63, 3.8) is 0 Å². The van der Waals surface area contributed by atoms with Crippen LogP contribution < -0.4 is 0 Å². The molecule has 0 saturated heterocycles. The van der Waals surface area contributed by atoms with Gasteiger partial charge in [-0.3, -0.25) is 4.79 Å². The van der Waals surface area contributed by atoms with Crippen molar-refractivity contribution in [2.45, 2.75) is 64.5 Å². The van der Waals surface area contributed by atoms with Crippen molar-refractivity contribution in [2.24, 2.45) is 10.4 Å². The second-order valence-electron chi connectivity index (χ2n) is 8.58. The number of halogens is 6. The minimum absolute atomic E-state index is 0.105. The maximum absolute atomic E-state index is 14.0. The van der Waals surface area contributed by atoms with E-state index in [1.54, 1.807) is 51.1 Å². The summed E-state index contributed by atoms with van der Waals surface area (Å²) in [4.78, 5) is 17.3. The maximum Gasteiger partial charge on any atom is 0.427 e. The lowest BCUT2D eigenvalue weighted by atomic mass is 9.69. The molecule has 0 bridgehead atoms. The van der Waals surface area contributed by atoms with Gasteiger partial charge in [0.05, 0.1) is 11.6 Å². The Balaban J connectivity index is 2.34. The number of alkyl halides is 6. The molecule has 2 aliphatic rings. The van der Waals surface area contributed by atoms with Crippen molar-refractivity contribution < 1.29 is 31.1 Å². The number of carbonyl (C=O) groups is 1. The molecule has 1 aliphatic carbocycles. The van der Waals surface area contributed by atoms with Crippen LogP contribution in [-0.2, 0) is 4.79 Å². The van der Waals surface area contributed by atoms with E-state index in [4.69, 9.17) is 0 Å². The summed E-state index contributed by atoms with van der Waals surface area (Å²) in [6, 6.07) is 8.05. The zero-order valence-corrected chi connectivity index (χ0v) is 16.9. The number of hydrogen-bond acceptors (Lipinski definition) is 3. The third-order valence-electron chi connectivity index (χ3n) is 5.67. The second kappa shape index (κ2) is 6.85. The Kier molecular flexibility index (Phi) is 5.11. The molecule has 9 heteroatoms. The first-order chi connectivity index (χ1) is 13.6. The maximum atomic E-state index is 14.0. The molecule has 0 N–H and O–H groups in total. The van der Waals surface area contributed by atoms with Crippen LogP contribution in [0.5, 0.6) is 0 Å². The van der Waals surface area contributed by atoms with Gasteiger partial charge < -0.3 is 4.90 Å². The van der Waals surface area contributed by atoms with Crippen LogP contribution in [0.15, 0.2) is 46.6 Å². The average molecular weight is 432 g/mol. The summed E-state index contributed by atoms with van der Waals surface area (Å²) in [5, 5.41) is 0. The largest absolute Gasteiger partial charge is 0.427 e. The number of aliphatic imine (C=N–C) groups is 1. The van der Waals surface area contributed by atoms with Crippen molar-refractivity contribution in [2.75, 3.05) is 0 Å². The van der Waals surface area contributed by atoms with Gasteiger partial charge in [0, 0.05) is 12.1 Å². The lowest BCUT2D eigenvalue weighted by molar-refractivity contribution is -0.283. The van der Waals surface area contributed by atoms with Gasteiger partial charge in [0.15, 0.2) is 5.78 Å². The monoisotopic (exact) mass is 432 g/mol. The van der Waals surface area contributed by atoms with Crippen molar-refractivity contribution >= 4 is 11.6 Å². The van der Waals surface area contributed by atoms with E-state index in [0.717, 1.165) is 6.92 Å². The summed E-state index contributed by atoms with van der Waals surface area (Å²) in [7, 11) is 0. The zero-order valence-electron chi connectivity index (χ0n) is 16.9. The molecule has 0 saturated carbocycles. The summed E-state index contributed by atoms with van der Waals surface area (Å²) in [5.41, 5.74) is -6.21. The smallest absolute Gasteiger partial charge is 0.326 e. The van der Waals surface area contributed by atoms with Crippen LogP contribution in [0.3, 0.4) is 0 Å².